The van der Waals surface area contributed by atoms with Crippen molar-refractivity contribution < 1.29 is 18.7 Å². The number of carbonyl (C=O) groups excluding carboxylic acids is 1. The highest BCUT2D eigenvalue weighted by molar-refractivity contribution is 5.99. The van der Waals surface area contributed by atoms with Crippen LogP contribution in [0.2, 0.25) is 0 Å². The van der Waals surface area contributed by atoms with Crippen molar-refractivity contribution in [2.24, 2.45) is 0 Å². The van der Waals surface area contributed by atoms with Gasteiger partial charge >= 0.3 is 0 Å². The first-order valence-corrected chi connectivity index (χ1v) is 16.0. The van der Waals surface area contributed by atoms with Crippen LogP contribution < -0.4 is 10.5 Å². The lowest BCUT2D eigenvalue weighted by molar-refractivity contribution is -0.127. The number of nitrogen functional groups attached to an aromatic ring is 1. The summed E-state index contributed by atoms with van der Waals surface area (Å²) in [4.78, 5) is 26.7. The minimum absolute atomic E-state index is 0.130. The van der Waals surface area contributed by atoms with Crippen LogP contribution in [0.5, 0.6) is 11.5 Å². The van der Waals surface area contributed by atoms with Gasteiger partial charge in [0.25, 0.3) is 5.91 Å². The average molecular weight is 637 g/mol. The summed E-state index contributed by atoms with van der Waals surface area (Å²) in [6.45, 7) is 6.29. The summed E-state index contributed by atoms with van der Waals surface area (Å²) in [5.41, 5.74) is 6.92. The molecule has 3 aliphatic rings. The molecule has 2 saturated heterocycles. The Hall–Kier alpha value is -4.86. The van der Waals surface area contributed by atoms with Gasteiger partial charge < -0.3 is 20.1 Å². The molecular formula is C35H37FN8O3. The molecule has 2 N–H and O–H groups in total. The van der Waals surface area contributed by atoms with E-state index >= 15 is 4.39 Å². The van der Waals surface area contributed by atoms with Gasteiger partial charge in [0.15, 0.2) is 5.65 Å². The van der Waals surface area contributed by atoms with Gasteiger partial charge in [0, 0.05) is 29.8 Å². The second-order valence-electron chi connectivity index (χ2n) is 13.0. The van der Waals surface area contributed by atoms with Crippen LogP contribution in [-0.2, 0) is 16.1 Å². The third kappa shape index (κ3) is 6.04. The number of hydrogen-bond acceptors (Lipinski definition) is 9. The lowest BCUT2D eigenvalue weighted by Crippen LogP contribution is -2.58. The van der Waals surface area contributed by atoms with Crippen molar-refractivity contribution in [1.82, 2.24) is 29.5 Å². The average Bonchev–Trinajstić information content (AvgIpc) is 3.64. The number of halogens is 1. The third-order valence-corrected chi connectivity index (χ3v) is 9.22. The molecule has 1 amide bonds. The highest BCUT2D eigenvalue weighted by Crippen LogP contribution is 2.38. The van der Waals surface area contributed by atoms with Gasteiger partial charge in [-0.05, 0) is 69.9 Å². The molecule has 242 valence electrons. The van der Waals surface area contributed by atoms with Crippen LogP contribution in [0.15, 0.2) is 66.5 Å². The molecule has 1 atom stereocenters. The number of carbonyl (C=O) groups is 1. The van der Waals surface area contributed by atoms with Crippen molar-refractivity contribution in [1.29, 1.82) is 5.26 Å². The molecule has 2 aromatic heterocycles. The number of rotatable bonds is 10. The zero-order valence-corrected chi connectivity index (χ0v) is 26.5. The molecule has 0 spiro atoms. The number of fused-ring (bicyclic) bond motifs is 1. The van der Waals surface area contributed by atoms with Gasteiger partial charge in [-0.25, -0.2) is 19.0 Å². The second-order valence-corrected chi connectivity index (χ2v) is 13.0. The molecule has 0 unspecified atom stereocenters. The van der Waals surface area contributed by atoms with Gasteiger partial charge in [0.05, 0.1) is 37.2 Å². The number of para-hydroxylation sites is 1. The van der Waals surface area contributed by atoms with Crippen LogP contribution in [-0.4, -0.2) is 78.9 Å². The largest absolute Gasteiger partial charge is 0.457 e. The molecule has 47 heavy (non-hydrogen) atoms. The number of nitrogens with two attached hydrogens (primary N) is 1. The highest BCUT2D eigenvalue weighted by Gasteiger charge is 2.45. The summed E-state index contributed by atoms with van der Waals surface area (Å²) in [6.07, 6.45) is 6.90. The molecule has 2 aromatic carbocycles. The molecule has 0 radical (unpaired) electrons. The van der Waals surface area contributed by atoms with E-state index in [0.29, 0.717) is 60.6 Å². The number of aromatic nitrogens is 4. The number of amides is 1. The number of nitriles is 1. The summed E-state index contributed by atoms with van der Waals surface area (Å²) in [7, 11) is 0. The minimum Gasteiger partial charge on any atom is -0.457 e. The normalized spacial score (nSPS) is 18.8. The lowest BCUT2D eigenvalue weighted by atomic mass is 9.95. The van der Waals surface area contributed by atoms with E-state index in [0.717, 1.165) is 25.7 Å². The maximum absolute atomic E-state index is 15.6. The Bertz CT molecular complexity index is 1880. The Labute approximate surface area is 272 Å². The van der Waals surface area contributed by atoms with Gasteiger partial charge in [-0.3, -0.25) is 9.69 Å². The van der Waals surface area contributed by atoms with Crippen LogP contribution in [0.3, 0.4) is 0 Å². The SMILES string of the molecule is CC(C)(C=C(C#N)C(=O)N1CCC[C@@H]1Cn1nc(-c2ccc(Oc3ccccc3)cc2F)c2c(N)ncnc21)N(C1CC1)C1COC1. The van der Waals surface area contributed by atoms with E-state index in [4.69, 9.17) is 20.3 Å². The van der Waals surface area contributed by atoms with Gasteiger partial charge in [-0.1, -0.05) is 18.2 Å². The Kier molecular flexibility index (Phi) is 8.11. The van der Waals surface area contributed by atoms with Crippen LogP contribution >= 0.6 is 0 Å². The molecule has 1 aliphatic carbocycles. The Morgan fingerprint density at radius 2 is 1.94 bits per heavy atom. The summed E-state index contributed by atoms with van der Waals surface area (Å²) >= 11 is 0. The number of hydrogen-bond donors (Lipinski definition) is 1. The molecule has 7 rings (SSSR count). The number of nitrogens with zero attached hydrogens (tertiary/aromatic N) is 7. The molecule has 2 aliphatic heterocycles. The number of anilines is 1. The van der Waals surface area contributed by atoms with Crippen LogP contribution in [0, 0.1) is 17.1 Å². The molecule has 4 aromatic rings. The Morgan fingerprint density at radius 3 is 2.62 bits per heavy atom. The van der Waals surface area contributed by atoms with Crippen LogP contribution in [0.1, 0.15) is 39.5 Å². The quantitative estimate of drug-likeness (QED) is 0.187. The van der Waals surface area contributed by atoms with E-state index in [1.54, 1.807) is 33.8 Å². The summed E-state index contributed by atoms with van der Waals surface area (Å²) in [6, 6.07) is 16.4. The Balaban J connectivity index is 1.15. The fourth-order valence-electron chi connectivity index (χ4n) is 6.91. The predicted octanol–water partition coefficient (Wildman–Crippen LogP) is 5.09. The molecule has 0 bridgehead atoms. The predicted molar refractivity (Wildman–Crippen MR) is 174 cm³/mol. The van der Waals surface area contributed by atoms with E-state index in [1.165, 1.54) is 12.4 Å². The highest BCUT2D eigenvalue weighted by atomic mass is 19.1. The zero-order chi connectivity index (χ0) is 32.7. The van der Waals surface area contributed by atoms with Crippen molar-refractivity contribution in [2.75, 3.05) is 25.5 Å². The standard InChI is InChI=1S/C35H37FN8O3/c1-35(2,44(23-10-11-23)25-19-46-20-25)16-22(17-37)34(45)42-14-6-7-24(42)18-43-33-30(32(38)39-21-40-33)31(41-43)28-13-12-27(15-29(28)36)47-26-8-4-3-5-9-26/h3-5,8-9,12-13,15-16,21,23-25H,6-7,10-11,14,18-20H2,1-2H3,(H2,38,39,40)/t24-/m1/s1. The Morgan fingerprint density at radius 1 is 1.15 bits per heavy atom. The third-order valence-electron chi connectivity index (χ3n) is 9.22. The van der Waals surface area contributed by atoms with Crippen molar-refractivity contribution >= 4 is 22.8 Å². The van der Waals surface area contributed by atoms with Crippen LogP contribution in [0.25, 0.3) is 22.3 Å². The van der Waals surface area contributed by atoms with Gasteiger partial charge in [0.1, 0.15) is 46.8 Å². The second kappa shape index (κ2) is 12.4. The van der Waals surface area contributed by atoms with Gasteiger partial charge in [-0.2, -0.15) is 10.4 Å². The molecular weight excluding hydrogens is 599 g/mol. The molecule has 11 nitrogen and oxygen atoms in total. The van der Waals surface area contributed by atoms with Gasteiger partial charge in [0.2, 0.25) is 0 Å². The zero-order valence-electron chi connectivity index (χ0n) is 26.5. The fourth-order valence-corrected chi connectivity index (χ4v) is 6.91. The van der Waals surface area contributed by atoms with E-state index in [2.05, 4.69) is 34.8 Å². The molecule has 4 heterocycles. The number of benzene rings is 2. The maximum atomic E-state index is 15.6. The summed E-state index contributed by atoms with van der Waals surface area (Å²) < 4.78 is 28.6. The van der Waals surface area contributed by atoms with Crippen molar-refractivity contribution in [3.8, 4) is 28.8 Å². The van der Waals surface area contributed by atoms with E-state index in [1.807, 2.05) is 24.3 Å². The molecule has 3 fully saturated rings. The number of likely N-dealkylation sites (tertiary alicyclic amines) is 1. The fraction of sp³-hybridized carbons (Fsp3) is 0.400. The molecule has 1 saturated carbocycles. The number of ether oxygens (including phenoxy) is 2. The maximum Gasteiger partial charge on any atom is 0.264 e. The van der Waals surface area contributed by atoms with E-state index in [9.17, 15) is 10.1 Å². The summed E-state index contributed by atoms with van der Waals surface area (Å²) in [5.74, 6) is 0.277. The monoisotopic (exact) mass is 636 g/mol. The van der Waals surface area contributed by atoms with Crippen molar-refractivity contribution in [3.05, 3.63) is 72.3 Å². The van der Waals surface area contributed by atoms with E-state index in [-0.39, 0.29) is 34.9 Å². The minimum atomic E-state index is -0.536. The first kappa shape index (κ1) is 30.8. The summed E-state index contributed by atoms with van der Waals surface area (Å²) in [5, 5.41) is 15.4. The first-order valence-electron chi connectivity index (χ1n) is 16.0. The molecule has 12 heteroatoms. The van der Waals surface area contributed by atoms with Crippen LogP contribution in [0.4, 0.5) is 10.2 Å². The van der Waals surface area contributed by atoms with E-state index < -0.39 is 11.4 Å². The smallest absolute Gasteiger partial charge is 0.264 e. The topological polar surface area (TPSA) is 135 Å². The van der Waals surface area contributed by atoms with Crippen molar-refractivity contribution in [2.45, 2.75) is 69.7 Å². The lowest BCUT2D eigenvalue weighted by Gasteiger charge is -2.46. The van der Waals surface area contributed by atoms with Gasteiger partial charge in [-0.15, -0.1) is 0 Å². The first-order chi connectivity index (χ1) is 22.7. The van der Waals surface area contributed by atoms with Crippen molar-refractivity contribution in [3.63, 3.8) is 0 Å².